The Balaban J connectivity index is 1.64. The van der Waals surface area contributed by atoms with E-state index in [1.807, 2.05) is 31.2 Å². The molecule has 0 spiro atoms. The molecule has 1 amide bonds. The largest absolute Gasteiger partial charge is 0.497 e. The molecule has 2 atom stereocenters. The number of halogens is 1. The molecule has 0 saturated carbocycles. The molecule has 162 valence electrons. The van der Waals surface area contributed by atoms with Gasteiger partial charge >= 0.3 is 0 Å². The third-order valence-electron chi connectivity index (χ3n) is 6.00. The van der Waals surface area contributed by atoms with Crippen LogP contribution in [0.3, 0.4) is 0 Å². The van der Waals surface area contributed by atoms with Crippen LogP contribution in [-0.4, -0.2) is 28.8 Å². The number of rotatable bonds is 3. The summed E-state index contributed by atoms with van der Waals surface area (Å²) >= 11 is 5.88. The molecule has 0 aromatic heterocycles. The Morgan fingerprint density at radius 3 is 2.47 bits per heavy atom. The van der Waals surface area contributed by atoms with E-state index in [1.54, 1.807) is 53.3 Å². The Morgan fingerprint density at radius 1 is 1.09 bits per heavy atom. The molecule has 0 radical (unpaired) electrons. The van der Waals surface area contributed by atoms with Gasteiger partial charge in [0, 0.05) is 23.2 Å². The van der Waals surface area contributed by atoms with Crippen LogP contribution in [0.15, 0.2) is 72.8 Å². The SMILES string of the molecule is COc1ccc(C(=O)N2C(=S)N(c3ccc(F)cc3)[C@@]3(C)C[C@H]2c2ccccc2O3)cc1. The maximum absolute atomic E-state index is 13.7. The zero-order valence-electron chi connectivity index (χ0n) is 17.6. The Hall–Kier alpha value is -3.45. The van der Waals surface area contributed by atoms with Gasteiger partial charge in [0.25, 0.3) is 5.91 Å². The molecule has 0 N–H and O–H groups in total. The highest BCUT2D eigenvalue weighted by Crippen LogP contribution is 2.49. The summed E-state index contributed by atoms with van der Waals surface area (Å²) in [4.78, 5) is 17.2. The fourth-order valence-electron chi connectivity index (χ4n) is 4.48. The maximum Gasteiger partial charge on any atom is 0.260 e. The van der Waals surface area contributed by atoms with Crippen LogP contribution >= 0.6 is 12.2 Å². The van der Waals surface area contributed by atoms with Gasteiger partial charge in [0.05, 0.1) is 13.2 Å². The number of thiocarbonyl (C=S) groups is 1. The molecule has 2 heterocycles. The lowest BCUT2D eigenvalue weighted by molar-refractivity contribution is 0.0184. The van der Waals surface area contributed by atoms with Crippen molar-refractivity contribution in [2.24, 2.45) is 0 Å². The molecule has 2 aliphatic rings. The van der Waals surface area contributed by atoms with Crippen molar-refractivity contribution < 1.29 is 18.7 Å². The van der Waals surface area contributed by atoms with Crippen LogP contribution in [-0.2, 0) is 0 Å². The average molecular weight is 449 g/mol. The summed E-state index contributed by atoms with van der Waals surface area (Å²) in [6.07, 6.45) is 0.503. The molecule has 5 nitrogen and oxygen atoms in total. The Morgan fingerprint density at radius 2 is 1.78 bits per heavy atom. The number of hydrogen-bond acceptors (Lipinski definition) is 4. The number of anilines is 1. The first kappa shape index (κ1) is 20.5. The van der Waals surface area contributed by atoms with Crippen LogP contribution in [0.5, 0.6) is 11.5 Å². The summed E-state index contributed by atoms with van der Waals surface area (Å²) in [5.74, 6) is 0.808. The molecule has 32 heavy (non-hydrogen) atoms. The number of fused-ring (bicyclic) bond motifs is 4. The fraction of sp³-hybridized carbons (Fsp3) is 0.200. The summed E-state index contributed by atoms with van der Waals surface area (Å²) in [5, 5.41) is 0.311. The lowest BCUT2D eigenvalue weighted by atomic mass is 9.88. The summed E-state index contributed by atoms with van der Waals surface area (Å²) in [7, 11) is 1.58. The van der Waals surface area contributed by atoms with Crippen molar-refractivity contribution in [3.63, 3.8) is 0 Å². The zero-order chi connectivity index (χ0) is 22.5. The second-order valence-electron chi connectivity index (χ2n) is 8.03. The minimum Gasteiger partial charge on any atom is -0.497 e. The highest BCUT2D eigenvalue weighted by molar-refractivity contribution is 7.80. The quantitative estimate of drug-likeness (QED) is 0.507. The van der Waals surface area contributed by atoms with Crippen molar-refractivity contribution >= 4 is 28.9 Å². The molecule has 3 aromatic rings. The number of para-hydroxylation sites is 1. The van der Waals surface area contributed by atoms with E-state index in [0.29, 0.717) is 34.3 Å². The van der Waals surface area contributed by atoms with Crippen molar-refractivity contribution in [1.29, 1.82) is 0 Å². The van der Waals surface area contributed by atoms with E-state index in [0.717, 1.165) is 5.56 Å². The van der Waals surface area contributed by atoms with Gasteiger partial charge in [-0.25, -0.2) is 4.39 Å². The molecule has 1 saturated heterocycles. The lowest BCUT2D eigenvalue weighted by Crippen LogP contribution is -2.67. The summed E-state index contributed by atoms with van der Waals surface area (Å²) in [6, 6.07) is 20.4. The molecule has 0 unspecified atom stereocenters. The first-order chi connectivity index (χ1) is 15.4. The minimum absolute atomic E-state index is 0.214. The van der Waals surface area contributed by atoms with Gasteiger partial charge in [0.1, 0.15) is 17.3 Å². The number of benzene rings is 3. The topological polar surface area (TPSA) is 42.0 Å². The van der Waals surface area contributed by atoms with E-state index in [-0.39, 0.29) is 17.8 Å². The van der Waals surface area contributed by atoms with Crippen LogP contribution in [0, 0.1) is 5.82 Å². The van der Waals surface area contributed by atoms with E-state index in [2.05, 4.69) is 0 Å². The number of amides is 1. The van der Waals surface area contributed by atoms with Gasteiger partial charge in [-0.05, 0) is 73.7 Å². The molecule has 1 fully saturated rings. The third-order valence-corrected chi connectivity index (χ3v) is 6.38. The van der Waals surface area contributed by atoms with Crippen molar-refractivity contribution in [2.75, 3.05) is 12.0 Å². The second-order valence-corrected chi connectivity index (χ2v) is 8.40. The highest BCUT2D eigenvalue weighted by atomic mass is 32.1. The first-order valence-corrected chi connectivity index (χ1v) is 10.7. The lowest BCUT2D eigenvalue weighted by Gasteiger charge is -2.55. The molecular formula is C25H21FN2O3S. The summed E-state index contributed by atoms with van der Waals surface area (Å²) in [5.41, 5.74) is 1.24. The number of carbonyl (C=O) groups is 1. The Bertz CT molecular complexity index is 1200. The number of ether oxygens (including phenoxy) is 2. The predicted molar refractivity (Wildman–Crippen MR) is 123 cm³/mol. The van der Waals surface area contributed by atoms with Crippen LogP contribution < -0.4 is 14.4 Å². The molecule has 0 aliphatic carbocycles. The molecule has 2 aliphatic heterocycles. The Kier molecular flexibility index (Phi) is 4.86. The van der Waals surface area contributed by atoms with Crippen molar-refractivity contribution in [2.45, 2.75) is 25.1 Å². The normalized spacial score (nSPS) is 21.6. The van der Waals surface area contributed by atoms with Crippen LogP contribution in [0.4, 0.5) is 10.1 Å². The second kappa shape index (κ2) is 7.60. The summed E-state index contributed by atoms with van der Waals surface area (Å²) in [6.45, 7) is 1.95. The zero-order valence-corrected chi connectivity index (χ0v) is 18.4. The van der Waals surface area contributed by atoms with Gasteiger partial charge in [-0.1, -0.05) is 18.2 Å². The van der Waals surface area contributed by atoms with Gasteiger partial charge in [0.15, 0.2) is 10.8 Å². The maximum atomic E-state index is 13.7. The van der Waals surface area contributed by atoms with Crippen LogP contribution in [0.1, 0.15) is 35.3 Å². The van der Waals surface area contributed by atoms with Crippen LogP contribution in [0.2, 0.25) is 0 Å². The number of nitrogens with zero attached hydrogens (tertiary/aromatic N) is 2. The number of hydrogen-bond donors (Lipinski definition) is 0. The van der Waals surface area contributed by atoms with Crippen molar-refractivity contribution in [3.8, 4) is 11.5 Å². The minimum atomic E-state index is -0.829. The predicted octanol–water partition coefficient (Wildman–Crippen LogP) is 5.32. The van der Waals surface area contributed by atoms with E-state index in [1.165, 1.54) is 12.1 Å². The van der Waals surface area contributed by atoms with Gasteiger partial charge < -0.3 is 9.47 Å². The first-order valence-electron chi connectivity index (χ1n) is 10.3. The van der Waals surface area contributed by atoms with E-state index >= 15 is 0 Å². The van der Waals surface area contributed by atoms with E-state index in [4.69, 9.17) is 21.7 Å². The molecule has 3 aromatic carbocycles. The standard InChI is InChI=1S/C25H21FN2O3S/c1-25-15-21(20-5-3-4-6-22(20)31-25)27(23(29)16-7-13-19(30-2)14-8-16)24(32)28(25)18-11-9-17(26)10-12-18/h3-14,21H,15H2,1-2H3/t21-,25+/m0/s1. The van der Waals surface area contributed by atoms with Crippen molar-refractivity contribution in [3.05, 3.63) is 89.7 Å². The van der Waals surface area contributed by atoms with Gasteiger partial charge in [-0.15, -0.1) is 0 Å². The monoisotopic (exact) mass is 448 g/mol. The number of methoxy groups -OCH3 is 1. The van der Waals surface area contributed by atoms with Gasteiger partial charge in [-0.3, -0.25) is 14.6 Å². The van der Waals surface area contributed by atoms with Gasteiger partial charge in [0.2, 0.25) is 0 Å². The Labute approximate surface area is 191 Å². The van der Waals surface area contributed by atoms with E-state index < -0.39 is 5.72 Å². The van der Waals surface area contributed by atoms with Crippen LogP contribution in [0.25, 0.3) is 0 Å². The smallest absolute Gasteiger partial charge is 0.260 e. The third kappa shape index (κ3) is 3.20. The van der Waals surface area contributed by atoms with E-state index in [9.17, 15) is 9.18 Å². The summed E-state index contributed by atoms with van der Waals surface area (Å²) < 4.78 is 25.3. The van der Waals surface area contributed by atoms with Crippen molar-refractivity contribution in [1.82, 2.24) is 4.90 Å². The van der Waals surface area contributed by atoms with Gasteiger partial charge in [-0.2, -0.15) is 0 Å². The molecule has 5 rings (SSSR count). The number of carbonyl (C=O) groups excluding carboxylic acids is 1. The average Bonchev–Trinajstić information content (AvgIpc) is 2.80. The fourth-order valence-corrected chi connectivity index (χ4v) is 4.99. The molecule has 7 heteroatoms. The molecular weight excluding hydrogens is 427 g/mol. The molecule has 2 bridgehead atoms. The highest BCUT2D eigenvalue weighted by Gasteiger charge is 2.53.